The predicted octanol–water partition coefficient (Wildman–Crippen LogP) is 0.231. The first-order valence-corrected chi connectivity index (χ1v) is 9.78. The van der Waals surface area contributed by atoms with Gasteiger partial charge in [0.25, 0.3) is 0 Å². The molecule has 1 aromatic carbocycles. The molecule has 0 bridgehead atoms. The van der Waals surface area contributed by atoms with Crippen LogP contribution in [-0.4, -0.2) is 87.3 Å². The second-order valence-electron chi connectivity index (χ2n) is 7.08. The van der Waals surface area contributed by atoms with Crippen molar-refractivity contribution in [1.29, 1.82) is 0 Å². The molecule has 1 fully saturated rings. The normalized spacial score (nSPS) is 28.2. The molecule has 1 aliphatic heterocycles. The molecule has 0 aliphatic carbocycles. The summed E-state index contributed by atoms with van der Waals surface area (Å²) in [6, 6.07) is 5.54. The number of aliphatic hydroxyl groups is 4. The van der Waals surface area contributed by atoms with Crippen molar-refractivity contribution >= 4 is 10.9 Å². The molecule has 8 heteroatoms. The second-order valence-corrected chi connectivity index (χ2v) is 7.08. The monoisotopic (exact) mass is 394 g/mol. The first kappa shape index (κ1) is 21.0. The zero-order valence-electron chi connectivity index (χ0n) is 16.3. The number of aromatic amines is 1. The summed E-state index contributed by atoms with van der Waals surface area (Å²) in [5, 5.41) is 40.4. The zero-order chi connectivity index (χ0) is 20.3. The Hall–Kier alpha value is -1.68. The summed E-state index contributed by atoms with van der Waals surface area (Å²) >= 11 is 0. The molecule has 8 nitrogen and oxygen atoms in total. The standard InChI is InChI=1S/C20H30N2O6/c1-3-22(4-2)9-8-12-10-21-13-6-5-7-14(16(12)13)27-20-19(26)18(25)17(24)15(11-23)28-20/h5-7,10,15,17-21,23-26H,3-4,8-9,11H2,1-2H3/t15-,17-,18+,19-,20+/m1/s1. The Morgan fingerprint density at radius 1 is 1.11 bits per heavy atom. The van der Waals surface area contributed by atoms with Crippen LogP contribution in [0.4, 0.5) is 0 Å². The highest BCUT2D eigenvalue weighted by atomic mass is 16.7. The third kappa shape index (κ3) is 4.17. The van der Waals surface area contributed by atoms with E-state index in [0.29, 0.717) is 5.75 Å². The van der Waals surface area contributed by atoms with Crippen LogP contribution >= 0.6 is 0 Å². The Bertz CT molecular complexity index is 760. The zero-order valence-corrected chi connectivity index (χ0v) is 16.3. The molecule has 5 N–H and O–H groups in total. The summed E-state index contributed by atoms with van der Waals surface area (Å²) < 4.78 is 11.4. The van der Waals surface area contributed by atoms with Gasteiger partial charge in [0.15, 0.2) is 0 Å². The van der Waals surface area contributed by atoms with Gasteiger partial charge in [-0.25, -0.2) is 0 Å². The van der Waals surface area contributed by atoms with Crippen molar-refractivity contribution in [1.82, 2.24) is 9.88 Å². The Labute approximate surface area is 164 Å². The lowest BCUT2D eigenvalue weighted by atomic mass is 9.99. The fraction of sp³-hybridized carbons (Fsp3) is 0.600. The molecule has 1 aliphatic rings. The number of rotatable bonds is 8. The topological polar surface area (TPSA) is 118 Å². The Balaban J connectivity index is 1.83. The maximum absolute atomic E-state index is 10.3. The Kier molecular flexibility index (Phi) is 6.92. The fourth-order valence-corrected chi connectivity index (χ4v) is 3.62. The lowest BCUT2D eigenvalue weighted by Crippen LogP contribution is -2.60. The largest absolute Gasteiger partial charge is 0.461 e. The maximum atomic E-state index is 10.3. The molecular weight excluding hydrogens is 364 g/mol. The maximum Gasteiger partial charge on any atom is 0.229 e. The Morgan fingerprint density at radius 2 is 1.86 bits per heavy atom. The van der Waals surface area contributed by atoms with Gasteiger partial charge in [0.1, 0.15) is 30.2 Å². The van der Waals surface area contributed by atoms with Crippen molar-refractivity contribution in [3.05, 3.63) is 30.0 Å². The van der Waals surface area contributed by atoms with Gasteiger partial charge in [0.2, 0.25) is 6.29 Å². The van der Waals surface area contributed by atoms with E-state index < -0.39 is 37.3 Å². The molecule has 0 saturated carbocycles. The molecule has 2 heterocycles. The number of nitrogens with one attached hydrogen (secondary N) is 1. The smallest absolute Gasteiger partial charge is 0.229 e. The quantitative estimate of drug-likeness (QED) is 0.435. The van der Waals surface area contributed by atoms with Crippen LogP contribution in [0.1, 0.15) is 19.4 Å². The highest BCUT2D eigenvalue weighted by Gasteiger charge is 2.44. The number of aromatic nitrogens is 1. The molecule has 156 valence electrons. The van der Waals surface area contributed by atoms with Gasteiger partial charge < -0.3 is 39.8 Å². The molecule has 28 heavy (non-hydrogen) atoms. The number of hydrogen-bond donors (Lipinski definition) is 5. The number of hydrogen-bond acceptors (Lipinski definition) is 7. The minimum atomic E-state index is -1.47. The van der Waals surface area contributed by atoms with Gasteiger partial charge in [0, 0.05) is 23.6 Å². The number of fused-ring (bicyclic) bond motifs is 1. The molecule has 2 aromatic rings. The van der Waals surface area contributed by atoms with Crippen molar-refractivity contribution < 1.29 is 29.9 Å². The number of nitrogens with zero attached hydrogens (tertiary/aromatic N) is 1. The molecule has 0 radical (unpaired) electrons. The van der Waals surface area contributed by atoms with E-state index in [1.165, 1.54) is 0 Å². The van der Waals surface area contributed by atoms with Crippen LogP contribution in [0, 0.1) is 0 Å². The van der Waals surface area contributed by atoms with Gasteiger partial charge in [0.05, 0.1) is 6.61 Å². The van der Waals surface area contributed by atoms with Crippen LogP contribution < -0.4 is 4.74 Å². The van der Waals surface area contributed by atoms with E-state index >= 15 is 0 Å². The number of likely N-dealkylation sites (N-methyl/N-ethyl adjacent to an activating group) is 1. The molecule has 1 saturated heterocycles. The van der Waals surface area contributed by atoms with Gasteiger partial charge in [-0.05, 0) is 37.2 Å². The van der Waals surface area contributed by atoms with Crippen LogP contribution in [0.5, 0.6) is 5.75 Å². The summed E-state index contributed by atoms with van der Waals surface area (Å²) in [5.74, 6) is 0.512. The fourth-order valence-electron chi connectivity index (χ4n) is 3.62. The van der Waals surface area contributed by atoms with Gasteiger partial charge in [-0.3, -0.25) is 0 Å². The number of ether oxygens (including phenoxy) is 2. The van der Waals surface area contributed by atoms with Crippen molar-refractivity contribution in [3.8, 4) is 5.75 Å². The van der Waals surface area contributed by atoms with Crippen molar-refractivity contribution in [2.75, 3.05) is 26.2 Å². The number of benzene rings is 1. The van der Waals surface area contributed by atoms with Crippen LogP contribution in [0.2, 0.25) is 0 Å². The third-order valence-electron chi connectivity index (χ3n) is 5.43. The van der Waals surface area contributed by atoms with E-state index in [9.17, 15) is 20.4 Å². The number of H-pyrrole nitrogens is 1. The van der Waals surface area contributed by atoms with Crippen LogP contribution in [-0.2, 0) is 11.2 Å². The SMILES string of the molecule is CCN(CC)CCc1c[nH]c2cccc(O[C@H]3O[C@H](CO)[C@@H](O)[C@H](O)[C@H]3O)c12. The summed E-state index contributed by atoms with van der Waals surface area (Å²) in [7, 11) is 0. The highest BCUT2D eigenvalue weighted by molar-refractivity contribution is 5.89. The average Bonchev–Trinajstić information content (AvgIpc) is 3.13. The first-order chi connectivity index (χ1) is 13.5. The molecule has 5 atom stereocenters. The number of aliphatic hydroxyl groups excluding tert-OH is 4. The minimum absolute atomic E-state index is 0.492. The predicted molar refractivity (Wildman–Crippen MR) is 104 cm³/mol. The van der Waals surface area contributed by atoms with Crippen LogP contribution in [0.3, 0.4) is 0 Å². The van der Waals surface area contributed by atoms with Crippen molar-refractivity contribution in [2.45, 2.75) is 51.0 Å². The van der Waals surface area contributed by atoms with E-state index in [4.69, 9.17) is 9.47 Å². The molecular formula is C20H30N2O6. The lowest BCUT2D eigenvalue weighted by molar-refractivity contribution is -0.277. The summed E-state index contributed by atoms with van der Waals surface area (Å²) in [4.78, 5) is 5.57. The van der Waals surface area contributed by atoms with Gasteiger partial charge >= 0.3 is 0 Å². The third-order valence-corrected chi connectivity index (χ3v) is 5.43. The average molecular weight is 394 g/mol. The summed E-state index contributed by atoms with van der Waals surface area (Å²) in [6.45, 7) is 6.64. The van der Waals surface area contributed by atoms with E-state index in [1.807, 2.05) is 18.3 Å². The van der Waals surface area contributed by atoms with E-state index in [2.05, 4.69) is 23.7 Å². The van der Waals surface area contributed by atoms with Gasteiger partial charge in [-0.1, -0.05) is 19.9 Å². The van der Waals surface area contributed by atoms with Crippen molar-refractivity contribution in [2.24, 2.45) is 0 Å². The van der Waals surface area contributed by atoms with Crippen molar-refractivity contribution in [3.63, 3.8) is 0 Å². The summed E-state index contributed by atoms with van der Waals surface area (Å²) in [6.07, 6.45) is -3.74. The minimum Gasteiger partial charge on any atom is -0.461 e. The van der Waals surface area contributed by atoms with Crippen LogP contribution in [0.25, 0.3) is 10.9 Å². The molecule has 0 amide bonds. The second kappa shape index (κ2) is 9.21. The molecule has 0 spiro atoms. The van der Waals surface area contributed by atoms with Gasteiger partial charge in [-0.2, -0.15) is 0 Å². The van der Waals surface area contributed by atoms with E-state index in [1.54, 1.807) is 6.07 Å². The first-order valence-electron chi connectivity index (χ1n) is 9.78. The van der Waals surface area contributed by atoms with E-state index in [-0.39, 0.29) is 0 Å². The van der Waals surface area contributed by atoms with E-state index in [0.717, 1.165) is 42.5 Å². The Morgan fingerprint density at radius 3 is 2.54 bits per heavy atom. The molecule has 1 aromatic heterocycles. The van der Waals surface area contributed by atoms with Crippen LogP contribution in [0.15, 0.2) is 24.4 Å². The van der Waals surface area contributed by atoms with Gasteiger partial charge in [-0.15, -0.1) is 0 Å². The highest BCUT2D eigenvalue weighted by Crippen LogP contribution is 2.32. The molecule has 0 unspecified atom stereocenters. The summed E-state index contributed by atoms with van der Waals surface area (Å²) in [5.41, 5.74) is 1.98. The lowest BCUT2D eigenvalue weighted by Gasteiger charge is -2.39. The molecule has 3 rings (SSSR count).